The Morgan fingerprint density at radius 3 is 2.94 bits per heavy atom. The first-order valence-electron chi connectivity index (χ1n) is 4.78. The van der Waals surface area contributed by atoms with Gasteiger partial charge in [0.2, 0.25) is 0 Å². The lowest BCUT2D eigenvalue weighted by molar-refractivity contribution is 0.0934. The predicted octanol–water partition coefficient (Wildman–Crippen LogP) is 1.67. The molecule has 0 fully saturated rings. The molecule has 2 N–H and O–H groups in total. The number of carbonyl (C=O) groups is 1. The molecule has 1 atom stereocenters. The summed E-state index contributed by atoms with van der Waals surface area (Å²) in [6.07, 6.45) is 5.43. The van der Waals surface area contributed by atoms with Crippen molar-refractivity contribution in [3.8, 4) is 18.1 Å². The topological polar surface area (TPSA) is 49.3 Å². The van der Waals surface area contributed by atoms with Gasteiger partial charge < -0.3 is 10.4 Å². The first kappa shape index (κ1) is 12.1. The lowest BCUT2D eigenvalue weighted by Crippen LogP contribution is -2.32. The molecule has 0 aliphatic heterocycles. The van der Waals surface area contributed by atoms with Crippen LogP contribution in [0.4, 0.5) is 4.39 Å². The Bertz CT molecular complexity index is 417. The Morgan fingerprint density at radius 2 is 2.38 bits per heavy atom. The number of amides is 1. The van der Waals surface area contributed by atoms with Gasteiger partial charge in [-0.2, -0.15) is 0 Å². The number of phenols is 1. The molecule has 0 saturated carbocycles. The van der Waals surface area contributed by atoms with Gasteiger partial charge in [-0.25, -0.2) is 4.39 Å². The largest absolute Gasteiger partial charge is 0.507 e. The molecule has 0 aliphatic rings. The van der Waals surface area contributed by atoms with Crippen LogP contribution in [0.25, 0.3) is 0 Å². The molecule has 1 aromatic rings. The normalized spacial score (nSPS) is 11.6. The Balaban J connectivity index is 2.85. The van der Waals surface area contributed by atoms with Gasteiger partial charge in [0.25, 0.3) is 5.91 Å². The summed E-state index contributed by atoms with van der Waals surface area (Å²) >= 11 is 0. The van der Waals surface area contributed by atoms with Crippen LogP contribution in [0.3, 0.4) is 0 Å². The standard InChI is InChI=1S/C12H12FNO2/c1-3-5-8(2)14-12(16)11-9(13)6-4-7-10(11)15/h1,4,6-8,15H,5H2,2H3,(H,14,16). The quantitative estimate of drug-likeness (QED) is 0.763. The lowest BCUT2D eigenvalue weighted by atomic mass is 10.1. The van der Waals surface area contributed by atoms with Crippen molar-refractivity contribution in [2.75, 3.05) is 0 Å². The van der Waals surface area contributed by atoms with Gasteiger partial charge in [-0.3, -0.25) is 4.79 Å². The first-order chi connectivity index (χ1) is 7.56. The highest BCUT2D eigenvalue weighted by atomic mass is 19.1. The highest BCUT2D eigenvalue weighted by Gasteiger charge is 2.17. The molecule has 0 spiro atoms. The van der Waals surface area contributed by atoms with Crippen LogP contribution in [0, 0.1) is 18.2 Å². The number of hydrogen-bond acceptors (Lipinski definition) is 2. The van der Waals surface area contributed by atoms with E-state index in [-0.39, 0.29) is 17.4 Å². The molecule has 1 rings (SSSR count). The molecule has 4 heteroatoms. The summed E-state index contributed by atoms with van der Waals surface area (Å²) < 4.78 is 13.3. The Hall–Kier alpha value is -2.02. The maximum absolute atomic E-state index is 13.3. The van der Waals surface area contributed by atoms with E-state index in [9.17, 15) is 14.3 Å². The molecule has 1 aromatic carbocycles. The molecule has 1 unspecified atom stereocenters. The van der Waals surface area contributed by atoms with Crippen molar-refractivity contribution < 1.29 is 14.3 Å². The molecule has 0 radical (unpaired) electrons. The van der Waals surface area contributed by atoms with Crippen LogP contribution in [-0.4, -0.2) is 17.1 Å². The van der Waals surface area contributed by atoms with Crippen molar-refractivity contribution in [1.29, 1.82) is 0 Å². The molecule has 0 bridgehead atoms. The fourth-order valence-electron chi connectivity index (χ4n) is 1.26. The van der Waals surface area contributed by atoms with Crippen molar-refractivity contribution in [3.05, 3.63) is 29.6 Å². The van der Waals surface area contributed by atoms with Crippen LogP contribution in [-0.2, 0) is 0 Å². The van der Waals surface area contributed by atoms with Gasteiger partial charge in [-0.1, -0.05) is 6.07 Å². The summed E-state index contributed by atoms with van der Waals surface area (Å²) in [5.41, 5.74) is -0.355. The van der Waals surface area contributed by atoms with E-state index >= 15 is 0 Å². The molecular weight excluding hydrogens is 209 g/mol. The van der Waals surface area contributed by atoms with Crippen LogP contribution in [0.15, 0.2) is 18.2 Å². The number of terminal acetylenes is 1. The second-order valence-electron chi connectivity index (χ2n) is 3.42. The van der Waals surface area contributed by atoms with Gasteiger partial charge in [0, 0.05) is 12.5 Å². The maximum Gasteiger partial charge on any atom is 0.258 e. The first-order valence-corrected chi connectivity index (χ1v) is 4.78. The van der Waals surface area contributed by atoms with E-state index in [1.807, 2.05) is 0 Å². The molecule has 0 aliphatic carbocycles. The third-order valence-electron chi connectivity index (χ3n) is 2.02. The Labute approximate surface area is 93.3 Å². The number of halogens is 1. The minimum atomic E-state index is -0.759. The highest BCUT2D eigenvalue weighted by molar-refractivity contribution is 5.97. The number of nitrogens with one attached hydrogen (secondary N) is 1. The number of benzene rings is 1. The van der Waals surface area contributed by atoms with Crippen molar-refractivity contribution >= 4 is 5.91 Å². The molecule has 3 nitrogen and oxygen atoms in total. The Kier molecular flexibility index (Phi) is 3.90. The number of aromatic hydroxyl groups is 1. The Morgan fingerprint density at radius 1 is 1.69 bits per heavy atom. The average Bonchev–Trinajstić information content (AvgIpc) is 2.17. The summed E-state index contributed by atoms with van der Waals surface area (Å²) in [6, 6.07) is 3.42. The predicted molar refractivity (Wildman–Crippen MR) is 58.4 cm³/mol. The number of hydrogen-bond donors (Lipinski definition) is 2. The zero-order valence-electron chi connectivity index (χ0n) is 8.83. The van der Waals surface area contributed by atoms with Crippen molar-refractivity contribution in [2.24, 2.45) is 0 Å². The molecule has 1 amide bonds. The van der Waals surface area contributed by atoms with Crippen molar-refractivity contribution in [3.63, 3.8) is 0 Å². The van der Waals surface area contributed by atoms with Crippen LogP contribution in [0.5, 0.6) is 5.75 Å². The fraction of sp³-hybridized carbons (Fsp3) is 0.250. The molecular formula is C12H12FNO2. The monoisotopic (exact) mass is 221 g/mol. The second-order valence-corrected chi connectivity index (χ2v) is 3.42. The van der Waals surface area contributed by atoms with Gasteiger partial charge in [0.15, 0.2) is 0 Å². The molecule has 16 heavy (non-hydrogen) atoms. The number of carbonyl (C=O) groups excluding carboxylic acids is 1. The fourth-order valence-corrected chi connectivity index (χ4v) is 1.26. The molecule has 0 heterocycles. The van der Waals surface area contributed by atoms with Gasteiger partial charge in [-0.15, -0.1) is 12.3 Å². The number of rotatable bonds is 3. The van der Waals surface area contributed by atoms with Crippen LogP contribution < -0.4 is 5.32 Å². The summed E-state index contributed by atoms with van der Waals surface area (Å²) in [4.78, 5) is 11.6. The molecule has 0 saturated heterocycles. The van der Waals surface area contributed by atoms with Crippen molar-refractivity contribution in [1.82, 2.24) is 5.32 Å². The maximum atomic E-state index is 13.3. The third kappa shape index (κ3) is 2.74. The van der Waals surface area contributed by atoms with Crippen LogP contribution >= 0.6 is 0 Å². The van der Waals surface area contributed by atoms with E-state index < -0.39 is 11.7 Å². The van der Waals surface area contributed by atoms with Gasteiger partial charge in [-0.05, 0) is 19.1 Å². The lowest BCUT2D eigenvalue weighted by Gasteiger charge is -2.12. The van der Waals surface area contributed by atoms with Crippen LogP contribution in [0.2, 0.25) is 0 Å². The van der Waals surface area contributed by atoms with Gasteiger partial charge in [0.05, 0.1) is 0 Å². The van der Waals surface area contributed by atoms with Gasteiger partial charge >= 0.3 is 0 Å². The highest BCUT2D eigenvalue weighted by Crippen LogP contribution is 2.19. The summed E-state index contributed by atoms with van der Waals surface area (Å²) in [6.45, 7) is 1.70. The second kappa shape index (κ2) is 5.17. The van der Waals surface area contributed by atoms with Crippen molar-refractivity contribution in [2.45, 2.75) is 19.4 Å². The number of phenolic OH excluding ortho intramolecular Hbond substituents is 1. The van der Waals surface area contributed by atoms with Crippen LogP contribution in [0.1, 0.15) is 23.7 Å². The summed E-state index contributed by atoms with van der Waals surface area (Å²) in [7, 11) is 0. The smallest absolute Gasteiger partial charge is 0.258 e. The minimum absolute atomic E-state index is 0.267. The SMILES string of the molecule is C#CCC(C)NC(=O)c1c(O)cccc1F. The third-order valence-corrected chi connectivity index (χ3v) is 2.02. The van der Waals surface area contributed by atoms with E-state index in [1.165, 1.54) is 12.1 Å². The molecule has 0 aromatic heterocycles. The minimum Gasteiger partial charge on any atom is -0.507 e. The summed E-state index contributed by atoms with van der Waals surface area (Å²) in [5, 5.41) is 11.9. The van der Waals surface area contributed by atoms with E-state index in [0.717, 1.165) is 6.07 Å². The zero-order valence-corrected chi connectivity index (χ0v) is 8.83. The molecule has 84 valence electrons. The van der Waals surface area contributed by atoms with E-state index in [4.69, 9.17) is 6.42 Å². The summed E-state index contributed by atoms with van der Waals surface area (Å²) in [5.74, 6) is 0.572. The van der Waals surface area contributed by atoms with E-state index in [0.29, 0.717) is 6.42 Å². The van der Waals surface area contributed by atoms with Gasteiger partial charge in [0.1, 0.15) is 17.1 Å². The average molecular weight is 221 g/mol. The van der Waals surface area contributed by atoms with E-state index in [1.54, 1.807) is 6.92 Å². The zero-order chi connectivity index (χ0) is 12.1. The van der Waals surface area contributed by atoms with E-state index in [2.05, 4.69) is 11.2 Å².